The van der Waals surface area contributed by atoms with Crippen molar-refractivity contribution in [2.24, 2.45) is 0 Å². The number of rotatable bonds is 11. The molecule has 2 nitrogen and oxygen atoms in total. The highest BCUT2D eigenvalue weighted by atomic mass is 16.5. The van der Waals surface area contributed by atoms with Gasteiger partial charge in [0.1, 0.15) is 5.75 Å². The Bertz CT molecular complexity index is 385. The van der Waals surface area contributed by atoms with E-state index in [9.17, 15) is 4.79 Å². The van der Waals surface area contributed by atoms with Crippen molar-refractivity contribution < 1.29 is 9.53 Å². The molecule has 2 heteroatoms. The quantitative estimate of drug-likeness (QED) is 0.399. The fourth-order valence-electron chi connectivity index (χ4n) is 2.36. The van der Waals surface area contributed by atoms with Crippen LogP contribution in [-0.2, 0) is 0 Å². The van der Waals surface area contributed by atoms with Gasteiger partial charge < -0.3 is 4.74 Å². The van der Waals surface area contributed by atoms with Crippen LogP contribution in [0.25, 0.3) is 0 Å². The average Bonchev–Trinajstić information content (AvgIpc) is 2.49. The molecule has 20 heavy (non-hydrogen) atoms. The Hall–Kier alpha value is -1.31. The van der Waals surface area contributed by atoms with Crippen LogP contribution >= 0.6 is 0 Å². The Morgan fingerprint density at radius 3 is 2.30 bits per heavy atom. The van der Waals surface area contributed by atoms with Crippen LogP contribution in [0.15, 0.2) is 24.3 Å². The molecule has 0 aliphatic carbocycles. The summed E-state index contributed by atoms with van der Waals surface area (Å²) >= 11 is 0. The van der Waals surface area contributed by atoms with Crippen LogP contribution in [-0.4, -0.2) is 12.9 Å². The molecule has 0 amide bonds. The van der Waals surface area contributed by atoms with Gasteiger partial charge >= 0.3 is 0 Å². The molecule has 0 fully saturated rings. The number of benzene rings is 1. The molecular weight excluding hydrogens is 248 g/mol. The zero-order valence-electron chi connectivity index (χ0n) is 13.0. The first-order valence-electron chi connectivity index (χ1n) is 7.95. The molecule has 1 aromatic carbocycles. The second-order valence-corrected chi connectivity index (χ2v) is 5.38. The molecule has 0 aliphatic heterocycles. The van der Waals surface area contributed by atoms with Crippen LogP contribution in [0.1, 0.15) is 75.1 Å². The third-order valence-corrected chi connectivity index (χ3v) is 3.65. The number of hydrogen-bond donors (Lipinski definition) is 0. The Kier molecular flexibility index (Phi) is 8.77. The van der Waals surface area contributed by atoms with Crippen LogP contribution in [0.2, 0.25) is 0 Å². The molecular formula is C18H28O2. The summed E-state index contributed by atoms with van der Waals surface area (Å²) in [6.07, 6.45) is 10.8. The Balaban J connectivity index is 2.13. The van der Waals surface area contributed by atoms with E-state index < -0.39 is 0 Å². The van der Waals surface area contributed by atoms with Gasteiger partial charge in [0.25, 0.3) is 0 Å². The molecule has 1 rings (SSSR count). The average molecular weight is 276 g/mol. The lowest BCUT2D eigenvalue weighted by Crippen LogP contribution is -1.99. The molecule has 0 bridgehead atoms. The molecule has 0 saturated carbocycles. The van der Waals surface area contributed by atoms with Gasteiger partial charge in [-0.25, -0.2) is 0 Å². The standard InChI is InChI=1S/C18H28O2/c1-3-4-5-6-7-8-9-10-14-18(19)16-12-11-13-17(15-16)20-2/h11-13,15H,3-10,14H2,1-2H3. The summed E-state index contributed by atoms with van der Waals surface area (Å²) in [6, 6.07) is 7.44. The summed E-state index contributed by atoms with van der Waals surface area (Å²) in [6.45, 7) is 2.24. The molecule has 0 heterocycles. The molecule has 0 unspecified atom stereocenters. The first-order chi connectivity index (χ1) is 9.77. The number of carbonyl (C=O) groups excluding carboxylic acids is 1. The maximum atomic E-state index is 12.0. The molecule has 0 aliphatic rings. The summed E-state index contributed by atoms with van der Waals surface area (Å²) in [4.78, 5) is 12.0. The van der Waals surface area contributed by atoms with Crippen LogP contribution in [0.5, 0.6) is 5.75 Å². The molecule has 0 N–H and O–H groups in total. The molecule has 112 valence electrons. The third-order valence-electron chi connectivity index (χ3n) is 3.65. The van der Waals surface area contributed by atoms with Crippen molar-refractivity contribution in [3.05, 3.63) is 29.8 Å². The fourth-order valence-corrected chi connectivity index (χ4v) is 2.36. The highest BCUT2D eigenvalue weighted by Crippen LogP contribution is 2.16. The number of methoxy groups -OCH3 is 1. The number of ketones is 1. The zero-order valence-corrected chi connectivity index (χ0v) is 13.0. The minimum absolute atomic E-state index is 0.231. The van der Waals surface area contributed by atoms with E-state index in [0.29, 0.717) is 6.42 Å². The maximum absolute atomic E-state index is 12.0. The van der Waals surface area contributed by atoms with Gasteiger partial charge in [-0.1, -0.05) is 64.0 Å². The summed E-state index contributed by atoms with van der Waals surface area (Å²) in [5, 5.41) is 0. The number of Topliss-reactive ketones (excluding diaryl/α,β-unsaturated/α-hetero) is 1. The van der Waals surface area contributed by atoms with Crippen LogP contribution in [0.4, 0.5) is 0 Å². The van der Waals surface area contributed by atoms with E-state index in [1.165, 1.54) is 44.9 Å². The van der Waals surface area contributed by atoms with E-state index in [1.54, 1.807) is 7.11 Å². The lowest BCUT2D eigenvalue weighted by atomic mass is 10.0. The van der Waals surface area contributed by atoms with Crippen molar-refractivity contribution in [1.82, 2.24) is 0 Å². The van der Waals surface area contributed by atoms with E-state index >= 15 is 0 Å². The summed E-state index contributed by atoms with van der Waals surface area (Å²) in [5.41, 5.74) is 0.771. The van der Waals surface area contributed by atoms with Gasteiger partial charge in [0.2, 0.25) is 0 Å². The third kappa shape index (κ3) is 6.74. The Morgan fingerprint density at radius 1 is 1.00 bits per heavy atom. The summed E-state index contributed by atoms with van der Waals surface area (Å²) in [7, 11) is 1.63. The second-order valence-electron chi connectivity index (χ2n) is 5.38. The van der Waals surface area contributed by atoms with Gasteiger partial charge in [-0.05, 0) is 18.6 Å². The van der Waals surface area contributed by atoms with Gasteiger partial charge in [0.05, 0.1) is 7.11 Å². The van der Waals surface area contributed by atoms with Gasteiger partial charge in [-0.2, -0.15) is 0 Å². The summed E-state index contributed by atoms with van der Waals surface area (Å²) in [5.74, 6) is 0.988. The minimum Gasteiger partial charge on any atom is -0.497 e. The van der Waals surface area contributed by atoms with E-state index in [2.05, 4.69) is 6.92 Å². The van der Waals surface area contributed by atoms with Crippen LogP contribution < -0.4 is 4.74 Å². The Labute approximate surface area is 123 Å². The van der Waals surface area contributed by atoms with E-state index in [1.807, 2.05) is 24.3 Å². The fraction of sp³-hybridized carbons (Fsp3) is 0.611. The van der Waals surface area contributed by atoms with Gasteiger partial charge in [0.15, 0.2) is 5.78 Å². The lowest BCUT2D eigenvalue weighted by Gasteiger charge is -2.04. The SMILES string of the molecule is CCCCCCCCCCC(=O)c1cccc(OC)c1. The molecule has 0 radical (unpaired) electrons. The highest BCUT2D eigenvalue weighted by Gasteiger charge is 2.06. The molecule has 0 saturated heterocycles. The van der Waals surface area contributed by atoms with Gasteiger partial charge in [-0.15, -0.1) is 0 Å². The Morgan fingerprint density at radius 2 is 1.65 bits per heavy atom. The van der Waals surface area contributed by atoms with Crippen molar-refractivity contribution in [3.63, 3.8) is 0 Å². The second kappa shape index (κ2) is 10.5. The zero-order chi connectivity index (χ0) is 14.6. The number of hydrogen-bond acceptors (Lipinski definition) is 2. The largest absolute Gasteiger partial charge is 0.497 e. The maximum Gasteiger partial charge on any atom is 0.163 e. The number of ether oxygens (including phenoxy) is 1. The first kappa shape index (κ1) is 16.7. The van der Waals surface area contributed by atoms with E-state index in [4.69, 9.17) is 4.74 Å². The minimum atomic E-state index is 0.231. The van der Waals surface area contributed by atoms with Gasteiger partial charge in [0, 0.05) is 12.0 Å². The molecule has 0 spiro atoms. The van der Waals surface area contributed by atoms with E-state index in [-0.39, 0.29) is 5.78 Å². The monoisotopic (exact) mass is 276 g/mol. The molecule has 0 atom stereocenters. The molecule has 1 aromatic rings. The van der Waals surface area contributed by atoms with Crippen molar-refractivity contribution in [3.8, 4) is 5.75 Å². The lowest BCUT2D eigenvalue weighted by molar-refractivity contribution is 0.0978. The molecule has 0 aromatic heterocycles. The van der Waals surface area contributed by atoms with Crippen molar-refractivity contribution in [2.45, 2.75) is 64.7 Å². The predicted octanol–water partition coefficient (Wildman–Crippen LogP) is 5.41. The van der Waals surface area contributed by atoms with Gasteiger partial charge in [-0.3, -0.25) is 4.79 Å². The predicted molar refractivity (Wildman–Crippen MR) is 84.6 cm³/mol. The van der Waals surface area contributed by atoms with Crippen LogP contribution in [0, 0.1) is 0 Å². The smallest absolute Gasteiger partial charge is 0.163 e. The first-order valence-corrected chi connectivity index (χ1v) is 7.95. The van der Waals surface area contributed by atoms with Crippen molar-refractivity contribution in [1.29, 1.82) is 0 Å². The normalized spacial score (nSPS) is 10.5. The topological polar surface area (TPSA) is 26.3 Å². The van der Waals surface area contributed by atoms with Crippen molar-refractivity contribution >= 4 is 5.78 Å². The van der Waals surface area contributed by atoms with Crippen molar-refractivity contribution in [2.75, 3.05) is 7.11 Å². The summed E-state index contributed by atoms with van der Waals surface area (Å²) < 4.78 is 5.14. The number of carbonyl (C=O) groups is 1. The van der Waals surface area contributed by atoms with Crippen LogP contribution in [0.3, 0.4) is 0 Å². The number of unbranched alkanes of at least 4 members (excludes halogenated alkanes) is 7. The highest BCUT2D eigenvalue weighted by molar-refractivity contribution is 5.96. The van der Waals surface area contributed by atoms with E-state index in [0.717, 1.165) is 17.7 Å².